The van der Waals surface area contributed by atoms with Crippen molar-refractivity contribution >= 4 is 17.6 Å². The monoisotopic (exact) mass is 400 g/mol. The average Bonchev–Trinajstić information content (AvgIpc) is 2.77. The quantitative estimate of drug-likeness (QED) is 0.741. The van der Waals surface area contributed by atoms with E-state index in [9.17, 15) is 14.7 Å². The summed E-state index contributed by atoms with van der Waals surface area (Å²) in [4.78, 5) is 28.4. The molecule has 29 heavy (non-hydrogen) atoms. The predicted molar refractivity (Wildman–Crippen MR) is 107 cm³/mol. The van der Waals surface area contributed by atoms with Crippen LogP contribution in [0.3, 0.4) is 0 Å². The summed E-state index contributed by atoms with van der Waals surface area (Å²) in [5.41, 5.74) is 0.975. The topological polar surface area (TPSA) is 88.5 Å². The van der Waals surface area contributed by atoms with Gasteiger partial charge >= 0.3 is 5.97 Å². The summed E-state index contributed by atoms with van der Waals surface area (Å²) in [7, 11) is 3.09. The van der Waals surface area contributed by atoms with Gasteiger partial charge in [-0.15, -0.1) is 0 Å². The summed E-state index contributed by atoms with van der Waals surface area (Å²) in [6, 6.07) is 12.0. The highest BCUT2D eigenvalue weighted by atomic mass is 16.5. The van der Waals surface area contributed by atoms with Crippen LogP contribution in [0.25, 0.3) is 0 Å². The summed E-state index contributed by atoms with van der Waals surface area (Å²) in [6.07, 6.45) is 0. The summed E-state index contributed by atoms with van der Waals surface area (Å²) in [5.74, 6) is -0.0760. The van der Waals surface area contributed by atoms with E-state index in [1.165, 1.54) is 25.3 Å². The van der Waals surface area contributed by atoms with Crippen LogP contribution in [0.2, 0.25) is 0 Å². The second kappa shape index (κ2) is 9.18. The van der Waals surface area contributed by atoms with Gasteiger partial charge in [0.05, 0.1) is 19.9 Å². The van der Waals surface area contributed by atoms with Crippen LogP contribution in [-0.4, -0.2) is 68.9 Å². The maximum Gasteiger partial charge on any atom is 0.342 e. The molecular weight excluding hydrogens is 376 g/mol. The molecule has 1 N–H and O–H groups in total. The summed E-state index contributed by atoms with van der Waals surface area (Å²) >= 11 is 0. The number of piperazine rings is 1. The van der Waals surface area contributed by atoms with Crippen molar-refractivity contribution in [1.29, 1.82) is 0 Å². The molecule has 0 spiro atoms. The Morgan fingerprint density at radius 2 is 1.72 bits per heavy atom. The molecule has 0 bridgehead atoms. The molecule has 8 heteroatoms. The fourth-order valence-corrected chi connectivity index (χ4v) is 3.20. The van der Waals surface area contributed by atoms with Gasteiger partial charge < -0.3 is 29.1 Å². The van der Waals surface area contributed by atoms with Crippen LogP contribution < -0.4 is 14.4 Å². The Morgan fingerprint density at radius 1 is 1.00 bits per heavy atom. The SMILES string of the molecule is COc1ccc(C(=O)OCC(=O)N2CCN(c3ccccc3OC)CC2)c(O)c1. The number of esters is 1. The number of phenols is 1. The van der Waals surface area contributed by atoms with Crippen LogP contribution >= 0.6 is 0 Å². The number of methoxy groups -OCH3 is 2. The molecule has 1 heterocycles. The van der Waals surface area contributed by atoms with Crippen molar-refractivity contribution < 1.29 is 28.9 Å². The Balaban J connectivity index is 1.52. The van der Waals surface area contributed by atoms with Gasteiger partial charge in [0.1, 0.15) is 22.8 Å². The molecule has 3 rings (SSSR count). The number of hydrogen-bond donors (Lipinski definition) is 1. The standard InChI is InChI=1S/C21H24N2O6/c1-27-15-7-8-16(18(24)13-15)21(26)29-14-20(25)23-11-9-22(10-12-23)17-5-3-4-6-19(17)28-2/h3-8,13,24H,9-12,14H2,1-2H3. The van der Waals surface area contributed by atoms with Crippen LogP contribution in [0.15, 0.2) is 42.5 Å². The van der Waals surface area contributed by atoms with Gasteiger partial charge in [-0.25, -0.2) is 4.79 Å². The molecule has 0 atom stereocenters. The number of aromatic hydroxyl groups is 1. The number of para-hydroxylation sites is 2. The lowest BCUT2D eigenvalue weighted by atomic mass is 10.2. The molecular formula is C21H24N2O6. The van der Waals surface area contributed by atoms with Gasteiger partial charge in [0, 0.05) is 32.2 Å². The minimum atomic E-state index is -0.758. The van der Waals surface area contributed by atoms with Crippen molar-refractivity contribution in [2.24, 2.45) is 0 Å². The minimum Gasteiger partial charge on any atom is -0.507 e. The first-order chi connectivity index (χ1) is 14.0. The number of amides is 1. The number of benzene rings is 2. The maximum atomic E-state index is 12.4. The van der Waals surface area contributed by atoms with Gasteiger partial charge in [-0.1, -0.05) is 12.1 Å². The van der Waals surface area contributed by atoms with Crippen LogP contribution in [0, 0.1) is 0 Å². The molecule has 0 aromatic heterocycles. The molecule has 1 aliphatic rings. The average molecular weight is 400 g/mol. The first-order valence-corrected chi connectivity index (χ1v) is 9.23. The highest BCUT2D eigenvalue weighted by molar-refractivity contribution is 5.94. The van der Waals surface area contributed by atoms with Crippen LogP contribution in [0.1, 0.15) is 10.4 Å². The zero-order valence-electron chi connectivity index (χ0n) is 16.5. The fourth-order valence-electron chi connectivity index (χ4n) is 3.20. The van der Waals surface area contributed by atoms with E-state index in [4.69, 9.17) is 14.2 Å². The lowest BCUT2D eigenvalue weighted by Crippen LogP contribution is -2.50. The van der Waals surface area contributed by atoms with Crippen molar-refractivity contribution in [2.45, 2.75) is 0 Å². The Hall–Kier alpha value is -3.42. The predicted octanol–water partition coefficient (Wildman–Crippen LogP) is 1.91. The van der Waals surface area contributed by atoms with Gasteiger partial charge in [-0.3, -0.25) is 4.79 Å². The van der Waals surface area contributed by atoms with Gasteiger partial charge in [0.2, 0.25) is 0 Å². The van der Waals surface area contributed by atoms with Crippen LogP contribution in [-0.2, 0) is 9.53 Å². The number of ether oxygens (including phenoxy) is 3. The van der Waals surface area contributed by atoms with E-state index in [0.717, 1.165) is 11.4 Å². The smallest absolute Gasteiger partial charge is 0.342 e. The molecule has 0 saturated carbocycles. The number of carbonyl (C=O) groups is 2. The van der Waals surface area contributed by atoms with Gasteiger partial charge in [0.15, 0.2) is 6.61 Å². The van der Waals surface area contributed by atoms with Crippen LogP contribution in [0.5, 0.6) is 17.2 Å². The van der Waals surface area contributed by atoms with Gasteiger partial charge in [-0.05, 0) is 24.3 Å². The summed E-state index contributed by atoms with van der Waals surface area (Å²) in [5, 5.41) is 9.90. The molecule has 2 aromatic rings. The number of phenolic OH excluding ortho intramolecular Hbond substituents is 1. The number of rotatable bonds is 6. The zero-order valence-corrected chi connectivity index (χ0v) is 16.5. The van der Waals surface area contributed by atoms with Gasteiger partial charge in [0.25, 0.3) is 5.91 Å². The maximum absolute atomic E-state index is 12.4. The fraction of sp³-hybridized carbons (Fsp3) is 0.333. The summed E-state index contributed by atoms with van der Waals surface area (Å²) < 4.78 is 15.5. The third-order valence-corrected chi connectivity index (χ3v) is 4.81. The zero-order chi connectivity index (χ0) is 20.8. The van der Waals surface area contributed by atoms with Crippen molar-refractivity contribution in [3.05, 3.63) is 48.0 Å². The van der Waals surface area contributed by atoms with Crippen molar-refractivity contribution in [2.75, 3.05) is 51.9 Å². The van der Waals surface area contributed by atoms with Gasteiger partial charge in [-0.2, -0.15) is 0 Å². The Labute approximate surface area is 169 Å². The van der Waals surface area contributed by atoms with Crippen molar-refractivity contribution in [3.8, 4) is 17.2 Å². The molecule has 154 valence electrons. The second-order valence-electron chi connectivity index (χ2n) is 6.50. The molecule has 1 amide bonds. The molecule has 0 unspecified atom stereocenters. The molecule has 1 saturated heterocycles. The molecule has 0 aliphatic carbocycles. The first kappa shape index (κ1) is 20.3. The normalized spacial score (nSPS) is 13.7. The molecule has 1 fully saturated rings. The lowest BCUT2D eigenvalue weighted by Gasteiger charge is -2.36. The van der Waals surface area contributed by atoms with E-state index in [-0.39, 0.29) is 23.8 Å². The van der Waals surface area contributed by atoms with Crippen molar-refractivity contribution in [3.63, 3.8) is 0 Å². The van der Waals surface area contributed by atoms with E-state index in [1.807, 2.05) is 24.3 Å². The number of carbonyl (C=O) groups excluding carboxylic acids is 2. The minimum absolute atomic E-state index is 0.0143. The third kappa shape index (κ3) is 4.71. The van der Waals surface area contributed by atoms with E-state index in [0.29, 0.717) is 31.9 Å². The lowest BCUT2D eigenvalue weighted by molar-refractivity contribution is -0.134. The molecule has 0 radical (unpaired) electrons. The van der Waals surface area contributed by atoms with Crippen LogP contribution in [0.4, 0.5) is 5.69 Å². The van der Waals surface area contributed by atoms with E-state index >= 15 is 0 Å². The third-order valence-electron chi connectivity index (χ3n) is 4.81. The van der Waals surface area contributed by atoms with E-state index < -0.39 is 5.97 Å². The Bertz CT molecular complexity index is 877. The molecule has 8 nitrogen and oxygen atoms in total. The van der Waals surface area contributed by atoms with E-state index in [2.05, 4.69) is 4.90 Å². The first-order valence-electron chi connectivity index (χ1n) is 9.23. The van der Waals surface area contributed by atoms with E-state index in [1.54, 1.807) is 12.0 Å². The largest absolute Gasteiger partial charge is 0.507 e. The Morgan fingerprint density at radius 3 is 2.38 bits per heavy atom. The van der Waals surface area contributed by atoms with Crippen molar-refractivity contribution in [1.82, 2.24) is 4.90 Å². The highest BCUT2D eigenvalue weighted by Crippen LogP contribution is 2.28. The number of nitrogens with zero attached hydrogens (tertiary/aromatic N) is 2. The molecule has 2 aromatic carbocycles. The highest BCUT2D eigenvalue weighted by Gasteiger charge is 2.24. The second-order valence-corrected chi connectivity index (χ2v) is 6.50. The molecule has 1 aliphatic heterocycles. The Kier molecular flexibility index (Phi) is 6.43. The number of anilines is 1. The summed E-state index contributed by atoms with van der Waals surface area (Å²) in [6.45, 7) is 1.96. The number of hydrogen-bond acceptors (Lipinski definition) is 7.